The first-order valence-electron chi connectivity index (χ1n) is 9.27. The highest BCUT2D eigenvalue weighted by Crippen LogP contribution is 2.41. The molecule has 0 spiro atoms. The smallest absolute Gasteiger partial charge is 0.293 e. The number of carbonyl (C=O) groups excluding carboxylic acids is 1. The minimum Gasteiger partial charge on any atom is -0.487 e. The summed E-state index contributed by atoms with van der Waals surface area (Å²) in [6, 6.07) is 3.14. The number of fused-ring (bicyclic) bond motifs is 4. The second-order valence-corrected chi connectivity index (χ2v) is 7.88. The highest BCUT2D eigenvalue weighted by atomic mass is 79.9. The Bertz CT molecular complexity index is 1260. The van der Waals surface area contributed by atoms with Crippen molar-refractivity contribution in [1.82, 2.24) is 9.55 Å². The van der Waals surface area contributed by atoms with Crippen LogP contribution in [-0.4, -0.2) is 28.0 Å². The van der Waals surface area contributed by atoms with Gasteiger partial charge < -0.3 is 19.8 Å². The summed E-state index contributed by atoms with van der Waals surface area (Å²) in [6.07, 6.45) is 0. The maximum absolute atomic E-state index is 14.6. The van der Waals surface area contributed by atoms with E-state index in [2.05, 4.69) is 20.9 Å². The first kappa shape index (κ1) is 20.3. The Labute approximate surface area is 179 Å². The summed E-state index contributed by atoms with van der Waals surface area (Å²) in [5.41, 5.74) is 10.7. The Balaban J connectivity index is 1.93. The topological polar surface area (TPSA) is 96.4 Å². The van der Waals surface area contributed by atoms with Crippen LogP contribution in [0.4, 0.5) is 10.1 Å². The van der Waals surface area contributed by atoms with Crippen LogP contribution in [0.5, 0.6) is 5.75 Å². The van der Waals surface area contributed by atoms with Gasteiger partial charge in [0.1, 0.15) is 6.61 Å². The van der Waals surface area contributed by atoms with Crippen molar-refractivity contribution in [2.24, 2.45) is 0 Å². The van der Waals surface area contributed by atoms with Gasteiger partial charge in [0.2, 0.25) is 0 Å². The lowest BCUT2D eigenvalue weighted by Crippen LogP contribution is -2.24. The highest BCUT2D eigenvalue weighted by Gasteiger charge is 2.28. The number of anilines is 1. The van der Waals surface area contributed by atoms with E-state index in [1.807, 2.05) is 13.0 Å². The number of aromatic nitrogens is 2. The van der Waals surface area contributed by atoms with Crippen LogP contribution < -0.4 is 16.0 Å². The van der Waals surface area contributed by atoms with Gasteiger partial charge in [0.25, 0.3) is 12.0 Å². The van der Waals surface area contributed by atoms with Crippen molar-refractivity contribution in [3.63, 3.8) is 0 Å². The molecular weight excluding hydrogens is 457 g/mol. The zero-order valence-electron chi connectivity index (χ0n) is 16.4. The molecule has 30 heavy (non-hydrogen) atoms. The van der Waals surface area contributed by atoms with Crippen molar-refractivity contribution in [2.45, 2.75) is 27.0 Å². The number of rotatable bonds is 6. The third kappa shape index (κ3) is 3.04. The largest absolute Gasteiger partial charge is 0.487 e. The molecule has 0 aliphatic carbocycles. The molecule has 0 saturated carbocycles. The second kappa shape index (κ2) is 7.71. The zero-order chi connectivity index (χ0) is 21.6. The van der Waals surface area contributed by atoms with Crippen molar-refractivity contribution in [3.05, 3.63) is 50.6 Å². The zero-order valence-corrected chi connectivity index (χ0v) is 18.0. The van der Waals surface area contributed by atoms with Crippen LogP contribution in [-0.2, 0) is 22.7 Å². The van der Waals surface area contributed by atoms with E-state index >= 15 is 0 Å². The van der Waals surface area contributed by atoms with Crippen molar-refractivity contribution in [1.29, 1.82) is 0 Å². The van der Waals surface area contributed by atoms with E-state index in [4.69, 9.17) is 15.2 Å². The molecule has 0 radical (unpaired) electrons. The van der Waals surface area contributed by atoms with Crippen molar-refractivity contribution < 1.29 is 18.7 Å². The Morgan fingerprint density at radius 1 is 1.37 bits per heavy atom. The van der Waals surface area contributed by atoms with Gasteiger partial charge in [0, 0.05) is 22.3 Å². The minimum atomic E-state index is -0.583. The minimum absolute atomic E-state index is 0.00335. The molecule has 0 fully saturated rings. The van der Waals surface area contributed by atoms with Gasteiger partial charge in [-0.2, -0.15) is 0 Å². The molecule has 1 aromatic carbocycles. The summed E-state index contributed by atoms with van der Waals surface area (Å²) in [6.45, 7) is 4.47. The molecule has 3 heterocycles. The van der Waals surface area contributed by atoms with Crippen LogP contribution in [0.2, 0.25) is 0 Å². The predicted octanol–water partition coefficient (Wildman–Crippen LogP) is 3.21. The van der Waals surface area contributed by atoms with Crippen LogP contribution in [0, 0.1) is 19.7 Å². The number of ether oxygens (including phenoxy) is 2. The predicted molar refractivity (Wildman–Crippen MR) is 115 cm³/mol. The fraction of sp³-hybridized carbons (Fsp3) is 0.286. The molecular formula is C21H19BrFN3O4. The molecule has 7 nitrogen and oxygen atoms in total. The lowest BCUT2D eigenvalue weighted by molar-refractivity contribution is -0.129. The molecule has 156 valence electrons. The molecule has 3 aromatic rings. The van der Waals surface area contributed by atoms with Gasteiger partial charge in [-0.15, -0.1) is 0 Å². The lowest BCUT2D eigenvalue weighted by Gasteiger charge is -2.15. The summed E-state index contributed by atoms with van der Waals surface area (Å²) >= 11 is 3.25. The van der Waals surface area contributed by atoms with Crippen LogP contribution in [0.1, 0.15) is 22.3 Å². The van der Waals surface area contributed by atoms with Crippen LogP contribution in [0.3, 0.4) is 0 Å². The van der Waals surface area contributed by atoms with Crippen molar-refractivity contribution in [2.75, 3.05) is 17.7 Å². The number of hydrogen-bond acceptors (Lipinski definition) is 6. The number of nitrogens with two attached hydrogens (primary N) is 1. The number of alkyl halides is 1. The number of pyridine rings is 2. The number of halogens is 2. The molecule has 0 amide bonds. The molecule has 0 unspecified atom stereocenters. The highest BCUT2D eigenvalue weighted by molar-refractivity contribution is 9.09. The van der Waals surface area contributed by atoms with Crippen LogP contribution >= 0.6 is 15.9 Å². The van der Waals surface area contributed by atoms with Gasteiger partial charge in [-0.05, 0) is 31.0 Å². The van der Waals surface area contributed by atoms with Crippen LogP contribution in [0.25, 0.3) is 22.3 Å². The molecule has 9 heteroatoms. The molecule has 0 atom stereocenters. The fourth-order valence-electron chi connectivity index (χ4n) is 3.94. The normalized spacial score (nSPS) is 12.0. The SMILES string of the molecule is Cc1cc2n(c(=O)c1COC=O)Cc1c-2nc2cc(F)c(OCCBr)c(N)c2c1C. The van der Waals surface area contributed by atoms with Gasteiger partial charge in [-0.25, -0.2) is 9.37 Å². The number of nitrogens with zero attached hydrogens (tertiary/aromatic N) is 2. The average molecular weight is 476 g/mol. The van der Waals surface area contributed by atoms with E-state index in [0.29, 0.717) is 51.8 Å². The third-order valence-electron chi connectivity index (χ3n) is 5.40. The second-order valence-electron chi connectivity index (χ2n) is 7.09. The van der Waals surface area contributed by atoms with Gasteiger partial charge in [-0.3, -0.25) is 9.59 Å². The summed E-state index contributed by atoms with van der Waals surface area (Å²) in [4.78, 5) is 28.2. The number of aryl methyl sites for hydroxylation is 2. The number of carbonyl (C=O) groups is 1. The molecule has 4 rings (SSSR count). The Morgan fingerprint density at radius 3 is 2.83 bits per heavy atom. The Hall–Kier alpha value is -2.94. The summed E-state index contributed by atoms with van der Waals surface area (Å²) in [7, 11) is 0. The standard InChI is InChI=1S/C21H19BrFN3O4/c1-10-5-16-19-12(7-26(16)21(28)13(10)8-29-9-27)11(2)17-15(25-19)6-14(23)20(18(17)24)30-4-3-22/h5-6,9H,3-4,7-8,24H2,1-2H3. The van der Waals surface area contributed by atoms with E-state index in [9.17, 15) is 14.0 Å². The van der Waals surface area contributed by atoms with Gasteiger partial charge in [-0.1, -0.05) is 15.9 Å². The maximum atomic E-state index is 14.6. The number of nitrogen functional groups attached to an aromatic ring is 1. The molecule has 1 aliphatic rings. The maximum Gasteiger partial charge on any atom is 0.293 e. The number of hydrogen-bond donors (Lipinski definition) is 1. The molecule has 2 aromatic heterocycles. The van der Waals surface area contributed by atoms with E-state index < -0.39 is 5.82 Å². The molecule has 0 saturated heterocycles. The van der Waals surface area contributed by atoms with E-state index in [-0.39, 0.29) is 30.2 Å². The summed E-state index contributed by atoms with van der Waals surface area (Å²) in [5, 5.41) is 1.15. The lowest BCUT2D eigenvalue weighted by atomic mass is 10.00. The van der Waals surface area contributed by atoms with Crippen molar-refractivity contribution in [3.8, 4) is 17.1 Å². The Kier molecular flexibility index (Phi) is 5.23. The number of benzene rings is 1. The van der Waals surface area contributed by atoms with Crippen molar-refractivity contribution >= 4 is 39.0 Å². The summed E-state index contributed by atoms with van der Waals surface area (Å²) < 4.78 is 26.5. The van der Waals surface area contributed by atoms with E-state index in [0.717, 1.165) is 11.1 Å². The fourth-order valence-corrected chi connectivity index (χ4v) is 4.11. The third-order valence-corrected chi connectivity index (χ3v) is 5.72. The van der Waals surface area contributed by atoms with Gasteiger partial charge >= 0.3 is 0 Å². The van der Waals surface area contributed by atoms with Crippen LogP contribution in [0.15, 0.2) is 16.9 Å². The van der Waals surface area contributed by atoms with E-state index in [1.165, 1.54) is 6.07 Å². The average Bonchev–Trinajstić information content (AvgIpc) is 3.06. The first-order chi connectivity index (χ1) is 14.4. The molecule has 2 N–H and O–H groups in total. The molecule has 1 aliphatic heterocycles. The van der Waals surface area contributed by atoms with E-state index in [1.54, 1.807) is 11.5 Å². The van der Waals surface area contributed by atoms with Gasteiger partial charge in [0.15, 0.2) is 11.6 Å². The quantitative estimate of drug-likeness (QED) is 0.261. The Morgan fingerprint density at radius 2 is 2.13 bits per heavy atom. The summed E-state index contributed by atoms with van der Waals surface area (Å²) in [5.74, 6) is -0.579. The van der Waals surface area contributed by atoms with Gasteiger partial charge in [0.05, 0.1) is 41.3 Å². The molecule has 0 bridgehead atoms. The first-order valence-corrected chi connectivity index (χ1v) is 10.4. The monoisotopic (exact) mass is 475 g/mol.